The molecule has 0 spiro atoms. The van der Waals surface area contributed by atoms with Crippen LogP contribution in [0.4, 0.5) is 28.9 Å². The van der Waals surface area contributed by atoms with Crippen LogP contribution in [-0.2, 0) is 4.79 Å². The number of hydrogen-bond acceptors (Lipinski definition) is 3. The first kappa shape index (κ1) is 22.5. The number of carbonyl (C=O) groups excluding carboxylic acids is 1. The Balaban J connectivity index is 0.00000364. The minimum atomic E-state index is -4.87. The van der Waals surface area contributed by atoms with Crippen LogP contribution in [0.5, 0.6) is 5.75 Å². The van der Waals surface area contributed by atoms with Gasteiger partial charge >= 0.3 is 6.36 Å². The molecule has 27 heavy (non-hydrogen) atoms. The van der Waals surface area contributed by atoms with Gasteiger partial charge in [-0.25, -0.2) is 9.38 Å². The summed E-state index contributed by atoms with van der Waals surface area (Å²) < 4.78 is 54.0. The van der Waals surface area contributed by atoms with Gasteiger partial charge in [-0.2, -0.15) is 0 Å². The Morgan fingerprint density at radius 2 is 1.81 bits per heavy atom. The van der Waals surface area contributed by atoms with Crippen LogP contribution in [0.3, 0.4) is 0 Å². The van der Waals surface area contributed by atoms with Crippen LogP contribution in [0.15, 0.2) is 53.5 Å². The largest absolute Gasteiger partial charge is 0.573 e. The fourth-order valence-electron chi connectivity index (χ4n) is 1.88. The second kappa shape index (κ2) is 9.94. The van der Waals surface area contributed by atoms with E-state index in [1.807, 2.05) is 0 Å². The Morgan fingerprint density at radius 3 is 2.48 bits per heavy atom. The molecule has 0 aromatic heterocycles. The number of nitrogens with zero attached hydrogens (tertiary/aromatic N) is 1. The topological polar surface area (TPSA) is 88.7 Å². The average Bonchev–Trinajstić information content (AvgIpc) is 2.53. The number of nitrogens with one attached hydrogen (secondary N) is 2. The van der Waals surface area contributed by atoms with E-state index in [1.54, 1.807) is 0 Å². The Bertz CT molecular complexity index is 815. The van der Waals surface area contributed by atoms with Gasteiger partial charge in [0, 0.05) is 5.69 Å². The SMILES string of the molecule is I.NC(=NCC(=O)Nc1cccc(F)c1)Nc1ccccc1OC(F)(F)F. The summed E-state index contributed by atoms with van der Waals surface area (Å²) in [6.07, 6.45) is -4.87. The van der Waals surface area contributed by atoms with E-state index in [9.17, 15) is 22.4 Å². The smallest absolute Gasteiger partial charge is 0.404 e. The van der Waals surface area contributed by atoms with Gasteiger partial charge in [0.15, 0.2) is 11.7 Å². The highest BCUT2D eigenvalue weighted by atomic mass is 127. The monoisotopic (exact) mass is 498 g/mol. The van der Waals surface area contributed by atoms with Crippen LogP contribution >= 0.6 is 24.0 Å². The maximum atomic E-state index is 13.0. The molecule has 0 saturated carbocycles. The summed E-state index contributed by atoms with van der Waals surface area (Å²) in [6, 6.07) is 10.5. The summed E-state index contributed by atoms with van der Waals surface area (Å²) in [5.41, 5.74) is 5.73. The number of alkyl halides is 3. The third kappa shape index (κ3) is 8.11. The van der Waals surface area contributed by atoms with Crippen molar-refractivity contribution in [1.29, 1.82) is 0 Å². The number of aliphatic imine (C=N–C) groups is 1. The Morgan fingerprint density at radius 1 is 1.11 bits per heavy atom. The number of guanidine groups is 1. The summed E-state index contributed by atoms with van der Waals surface area (Å²) in [4.78, 5) is 15.5. The minimum absolute atomic E-state index is 0. The Kier molecular flexibility index (Phi) is 8.28. The molecule has 4 N–H and O–H groups in total. The van der Waals surface area contributed by atoms with Gasteiger partial charge in [-0.3, -0.25) is 4.79 Å². The van der Waals surface area contributed by atoms with Crippen molar-refractivity contribution in [2.24, 2.45) is 10.7 Å². The fourth-order valence-corrected chi connectivity index (χ4v) is 1.88. The Labute approximate surface area is 168 Å². The lowest BCUT2D eigenvalue weighted by molar-refractivity contribution is -0.274. The highest BCUT2D eigenvalue weighted by Crippen LogP contribution is 2.29. The first-order valence-electron chi connectivity index (χ1n) is 7.20. The molecule has 0 saturated heterocycles. The molecule has 0 unspecified atom stereocenters. The first-order valence-corrected chi connectivity index (χ1v) is 7.20. The molecule has 146 valence electrons. The molecule has 0 aliphatic carbocycles. The van der Waals surface area contributed by atoms with Crippen LogP contribution in [0.1, 0.15) is 0 Å². The number of nitrogens with two attached hydrogens (primary N) is 1. The molecule has 2 aromatic rings. The summed E-state index contributed by atoms with van der Waals surface area (Å²) in [6.45, 7) is -0.419. The normalized spacial score (nSPS) is 11.3. The fraction of sp³-hybridized carbons (Fsp3) is 0.125. The summed E-state index contributed by atoms with van der Waals surface area (Å²) in [7, 11) is 0. The van der Waals surface area contributed by atoms with Gasteiger partial charge in [-0.15, -0.1) is 37.1 Å². The van der Waals surface area contributed by atoms with Crippen LogP contribution < -0.4 is 21.1 Å². The van der Waals surface area contributed by atoms with Crippen molar-refractivity contribution in [3.8, 4) is 5.75 Å². The third-order valence-corrected chi connectivity index (χ3v) is 2.88. The van der Waals surface area contributed by atoms with Crippen LogP contribution in [0.25, 0.3) is 0 Å². The number of para-hydroxylation sites is 2. The number of benzene rings is 2. The first-order chi connectivity index (χ1) is 12.2. The molecule has 0 bridgehead atoms. The highest BCUT2D eigenvalue weighted by Gasteiger charge is 2.32. The lowest BCUT2D eigenvalue weighted by atomic mass is 10.3. The van der Waals surface area contributed by atoms with Crippen molar-refractivity contribution in [2.75, 3.05) is 17.2 Å². The number of carbonyl (C=O) groups is 1. The van der Waals surface area contributed by atoms with Crippen LogP contribution in [-0.4, -0.2) is 24.8 Å². The molecule has 0 aliphatic rings. The summed E-state index contributed by atoms with van der Waals surface area (Å²) in [5, 5.41) is 4.83. The zero-order chi connectivity index (χ0) is 19.2. The quantitative estimate of drug-likeness (QED) is 0.254. The number of halogens is 5. The molecule has 2 rings (SSSR count). The van der Waals surface area contributed by atoms with Gasteiger partial charge in [0.2, 0.25) is 5.91 Å². The average molecular weight is 498 g/mol. The predicted molar refractivity (Wildman–Crippen MR) is 104 cm³/mol. The van der Waals surface area contributed by atoms with E-state index in [2.05, 4.69) is 20.4 Å². The molecule has 6 nitrogen and oxygen atoms in total. The molecular weight excluding hydrogens is 483 g/mol. The molecule has 0 heterocycles. The van der Waals surface area contributed by atoms with Gasteiger partial charge in [0.05, 0.1) is 5.69 Å². The van der Waals surface area contributed by atoms with Gasteiger partial charge in [0.25, 0.3) is 0 Å². The third-order valence-electron chi connectivity index (χ3n) is 2.88. The Hall–Kier alpha value is -2.57. The van der Waals surface area contributed by atoms with E-state index in [1.165, 1.54) is 36.4 Å². The van der Waals surface area contributed by atoms with E-state index in [4.69, 9.17) is 5.73 Å². The number of hydrogen-bond donors (Lipinski definition) is 3. The number of anilines is 2. The molecule has 0 aliphatic heterocycles. The van der Waals surface area contributed by atoms with E-state index in [-0.39, 0.29) is 41.3 Å². The molecule has 2 aromatic carbocycles. The van der Waals surface area contributed by atoms with Crippen molar-refractivity contribution in [2.45, 2.75) is 6.36 Å². The number of rotatable bonds is 5. The van der Waals surface area contributed by atoms with Gasteiger partial charge in [-0.1, -0.05) is 18.2 Å². The predicted octanol–water partition coefficient (Wildman–Crippen LogP) is 3.71. The van der Waals surface area contributed by atoms with Gasteiger partial charge < -0.3 is 21.1 Å². The van der Waals surface area contributed by atoms with Gasteiger partial charge in [-0.05, 0) is 30.3 Å². The van der Waals surface area contributed by atoms with Gasteiger partial charge in [0.1, 0.15) is 12.4 Å². The lowest BCUT2D eigenvalue weighted by Crippen LogP contribution is -2.26. The zero-order valence-corrected chi connectivity index (χ0v) is 15.9. The van der Waals surface area contributed by atoms with E-state index in [0.717, 1.165) is 12.1 Å². The minimum Gasteiger partial charge on any atom is -0.404 e. The summed E-state index contributed by atoms with van der Waals surface area (Å²) >= 11 is 0. The molecule has 11 heteroatoms. The van der Waals surface area contributed by atoms with Crippen molar-refractivity contribution >= 4 is 47.2 Å². The molecule has 0 fully saturated rings. The molecule has 1 amide bonds. The molecule has 0 atom stereocenters. The van der Waals surface area contributed by atoms with E-state index >= 15 is 0 Å². The second-order valence-corrected chi connectivity index (χ2v) is 4.93. The second-order valence-electron chi connectivity index (χ2n) is 4.93. The summed E-state index contributed by atoms with van der Waals surface area (Å²) in [5.74, 6) is -1.89. The van der Waals surface area contributed by atoms with Crippen molar-refractivity contribution in [3.63, 3.8) is 0 Å². The van der Waals surface area contributed by atoms with Crippen molar-refractivity contribution in [1.82, 2.24) is 0 Å². The van der Waals surface area contributed by atoms with E-state index < -0.39 is 30.4 Å². The number of ether oxygens (including phenoxy) is 1. The lowest BCUT2D eigenvalue weighted by Gasteiger charge is -2.14. The maximum Gasteiger partial charge on any atom is 0.573 e. The van der Waals surface area contributed by atoms with Crippen LogP contribution in [0, 0.1) is 5.82 Å². The molecule has 0 radical (unpaired) electrons. The van der Waals surface area contributed by atoms with Crippen molar-refractivity contribution in [3.05, 3.63) is 54.3 Å². The van der Waals surface area contributed by atoms with Crippen molar-refractivity contribution < 1.29 is 27.1 Å². The maximum absolute atomic E-state index is 13.0. The standard InChI is InChI=1S/C16H14F4N4O2.HI/c17-10-4-3-5-11(8-10)23-14(25)9-22-15(21)24-12-6-1-2-7-13(12)26-16(18,19)20;/h1-8H,9H2,(H,23,25)(H3,21,22,24);1H. The highest BCUT2D eigenvalue weighted by molar-refractivity contribution is 14.0. The van der Waals surface area contributed by atoms with Crippen LogP contribution in [0.2, 0.25) is 0 Å². The van der Waals surface area contributed by atoms with E-state index in [0.29, 0.717) is 0 Å². The molecular formula is C16H15F4IN4O2. The zero-order valence-electron chi connectivity index (χ0n) is 13.6. The number of amides is 1.